The molecule has 11 aromatic rings. The summed E-state index contributed by atoms with van der Waals surface area (Å²) in [6.07, 6.45) is 0. The van der Waals surface area contributed by atoms with Gasteiger partial charge in [0.15, 0.2) is 0 Å². The van der Waals surface area contributed by atoms with E-state index in [0.717, 1.165) is 28.2 Å². The van der Waals surface area contributed by atoms with E-state index in [2.05, 4.69) is 169 Å². The third-order valence-electron chi connectivity index (χ3n) is 10.0. The highest BCUT2D eigenvalue weighted by atomic mass is 32.1. The van der Waals surface area contributed by atoms with Crippen molar-refractivity contribution in [2.45, 2.75) is 0 Å². The van der Waals surface area contributed by atoms with Crippen LogP contribution in [0.3, 0.4) is 0 Å². The second-order valence-corrected chi connectivity index (χ2v) is 15.0. The minimum Gasteiger partial charge on any atom is -0.455 e. The molecule has 0 unspecified atom stereocenters. The summed E-state index contributed by atoms with van der Waals surface area (Å²) >= 11 is 3.70. The fraction of sp³-hybridized carbons (Fsp3) is 0. The number of hydrogen-bond acceptors (Lipinski definition) is 4. The molecular formula is C46H27NOS2. The van der Waals surface area contributed by atoms with Crippen molar-refractivity contribution in [1.29, 1.82) is 0 Å². The Morgan fingerprint density at radius 3 is 2.02 bits per heavy atom. The van der Waals surface area contributed by atoms with E-state index in [-0.39, 0.29) is 0 Å². The highest BCUT2D eigenvalue weighted by Crippen LogP contribution is 2.46. The Hall–Kier alpha value is -5.94. The number of furan rings is 1. The average molecular weight is 674 g/mol. The number of para-hydroxylation sites is 1. The molecule has 0 fully saturated rings. The fourth-order valence-corrected chi connectivity index (χ4v) is 10.1. The molecule has 234 valence electrons. The van der Waals surface area contributed by atoms with Gasteiger partial charge < -0.3 is 9.32 Å². The van der Waals surface area contributed by atoms with Crippen LogP contribution in [0, 0.1) is 0 Å². The van der Waals surface area contributed by atoms with Crippen molar-refractivity contribution in [3.05, 3.63) is 164 Å². The van der Waals surface area contributed by atoms with Gasteiger partial charge in [0, 0.05) is 68.2 Å². The minimum absolute atomic E-state index is 0.935. The van der Waals surface area contributed by atoms with E-state index in [1.807, 2.05) is 22.7 Å². The zero-order valence-corrected chi connectivity index (χ0v) is 28.4. The maximum atomic E-state index is 6.65. The molecule has 2 nitrogen and oxygen atoms in total. The van der Waals surface area contributed by atoms with Crippen LogP contribution in [0.2, 0.25) is 0 Å². The smallest absolute Gasteiger partial charge is 0.144 e. The summed E-state index contributed by atoms with van der Waals surface area (Å²) in [6, 6.07) is 59.4. The van der Waals surface area contributed by atoms with Crippen molar-refractivity contribution >= 4 is 113 Å². The molecule has 0 saturated heterocycles. The predicted molar refractivity (Wildman–Crippen MR) is 217 cm³/mol. The van der Waals surface area contributed by atoms with E-state index in [1.165, 1.54) is 73.0 Å². The predicted octanol–water partition coefficient (Wildman–Crippen LogP) is 14.6. The Morgan fingerprint density at radius 1 is 0.420 bits per heavy atom. The summed E-state index contributed by atoms with van der Waals surface area (Å²) in [7, 11) is 0. The van der Waals surface area contributed by atoms with Crippen molar-refractivity contribution in [2.24, 2.45) is 0 Å². The quantitative estimate of drug-likeness (QED) is 0.185. The van der Waals surface area contributed by atoms with Crippen LogP contribution < -0.4 is 4.90 Å². The van der Waals surface area contributed by atoms with Gasteiger partial charge in [0.25, 0.3) is 0 Å². The standard InChI is InChI=1S/C46H27NOS2/c1-2-11-31(12-3-1)47(32-19-17-28(18-20-32)34-14-8-15-37-35-13-6-7-16-41(35)50-46(34)37)33-21-22-38-43(27-33)49-42-24-23-36-39-25-29-9-4-5-10-30(29)26-40(39)48-45(36)44(38)42/h1-27H. The highest BCUT2D eigenvalue weighted by Gasteiger charge is 2.19. The van der Waals surface area contributed by atoms with Crippen molar-refractivity contribution in [3.8, 4) is 11.1 Å². The summed E-state index contributed by atoms with van der Waals surface area (Å²) < 4.78 is 11.8. The molecular weight excluding hydrogens is 647 g/mol. The van der Waals surface area contributed by atoms with Gasteiger partial charge in [0.1, 0.15) is 11.2 Å². The molecule has 8 aromatic carbocycles. The number of fused-ring (bicyclic) bond motifs is 11. The van der Waals surface area contributed by atoms with E-state index in [4.69, 9.17) is 4.42 Å². The van der Waals surface area contributed by atoms with Crippen LogP contribution >= 0.6 is 22.7 Å². The van der Waals surface area contributed by atoms with Crippen LogP contribution in [0.1, 0.15) is 0 Å². The molecule has 0 spiro atoms. The molecule has 0 radical (unpaired) electrons. The largest absolute Gasteiger partial charge is 0.455 e. The van der Waals surface area contributed by atoms with Gasteiger partial charge in [-0.05, 0) is 88.6 Å². The zero-order valence-electron chi connectivity index (χ0n) is 26.8. The van der Waals surface area contributed by atoms with E-state index in [9.17, 15) is 0 Å². The Kier molecular flexibility index (Phi) is 6.03. The maximum Gasteiger partial charge on any atom is 0.144 e. The van der Waals surface area contributed by atoms with Gasteiger partial charge in [-0.15, -0.1) is 22.7 Å². The molecule has 11 rings (SSSR count). The minimum atomic E-state index is 0.935. The van der Waals surface area contributed by atoms with E-state index >= 15 is 0 Å². The summed E-state index contributed by atoms with van der Waals surface area (Å²) in [5, 5.41) is 9.83. The molecule has 4 heteroatoms. The molecule has 0 amide bonds. The van der Waals surface area contributed by atoms with Crippen LogP contribution in [-0.4, -0.2) is 0 Å². The van der Waals surface area contributed by atoms with Crippen LogP contribution in [0.4, 0.5) is 17.1 Å². The number of thiophene rings is 2. The first-order valence-electron chi connectivity index (χ1n) is 16.8. The summed E-state index contributed by atoms with van der Waals surface area (Å²) in [4.78, 5) is 2.36. The molecule has 0 atom stereocenters. The van der Waals surface area contributed by atoms with Crippen LogP contribution in [0.25, 0.3) is 84.2 Å². The fourth-order valence-electron chi connectivity index (χ4n) is 7.70. The zero-order chi connectivity index (χ0) is 32.8. The molecule has 0 bridgehead atoms. The molecule has 3 aromatic heterocycles. The van der Waals surface area contributed by atoms with Crippen molar-refractivity contribution in [1.82, 2.24) is 0 Å². The summed E-state index contributed by atoms with van der Waals surface area (Å²) in [5.41, 5.74) is 7.77. The lowest BCUT2D eigenvalue weighted by atomic mass is 10.0. The van der Waals surface area contributed by atoms with Gasteiger partial charge in [-0.2, -0.15) is 0 Å². The van der Waals surface area contributed by atoms with Crippen LogP contribution in [0.15, 0.2) is 168 Å². The maximum absolute atomic E-state index is 6.65. The van der Waals surface area contributed by atoms with E-state index in [1.54, 1.807) is 0 Å². The van der Waals surface area contributed by atoms with E-state index in [0.29, 0.717) is 0 Å². The average Bonchev–Trinajstić information content (AvgIpc) is 3.85. The molecule has 50 heavy (non-hydrogen) atoms. The number of benzene rings is 8. The monoisotopic (exact) mass is 673 g/mol. The van der Waals surface area contributed by atoms with Gasteiger partial charge in [0.2, 0.25) is 0 Å². The number of hydrogen-bond donors (Lipinski definition) is 0. The van der Waals surface area contributed by atoms with Gasteiger partial charge in [-0.1, -0.05) is 97.1 Å². The third kappa shape index (κ3) is 4.19. The molecule has 3 heterocycles. The van der Waals surface area contributed by atoms with Gasteiger partial charge in [-0.3, -0.25) is 0 Å². The van der Waals surface area contributed by atoms with Crippen LogP contribution in [-0.2, 0) is 0 Å². The van der Waals surface area contributed by atoms with Gasteiger partial charge in [-0.25, -0.2) is 0 Å². The highest BCUT2D eigenvalue weighted by molar-refractivity contribution is 7.26. The molecule has 0 aliphatic carbocycles. The number of nitrogens with zero attached hydrogens (tertiary/aromatic N) is 1. The molecule has 0 N–H and O–H groups in total. The Morgan fingerprint density at radius 2 is 1.14 bits per heavy atom. The first-order chi connectivity index (χ1) is 24.8. The van der Waals surface area contributed by atoms with Crippen molar-refractivity contribution in [2.75, 3.05) is 4.90 Å². The summed E-state index contributed by atoms with van der Waals surface area (Å²) in [6.45, 7) is 0. The normalized spacial score (nSPS) is 12.0. The Balaban J connectivity index is 1.04. The molecule has 0 aliphatic heterocycles. The third-order valence-corrected chi connectivity index (χ3v) is 12.4. The van der Waals surface area contributed by atoms with E-state index < -0.39 is 0 Å². The first kappa shape index (κ1) is 28.0. The Bertz CT molecular complexity index is 3090. The second-order valence-electron chi connectivity index (χ2n) is 12.9. The first-order valence-corrected chi connectivity index (χ1v) is 18.5. The SMILES string of the molecule is c1ccc(N(c2ccc(-c3cccc4c3sc3ccccc34)cc2)c2ccc3c(c2)sc2ccc4c5cc6ccccc6cc5oc4c23)cc1. The Labute approximate surface area is 295 Å². The number of anilines is 3. The lowest BCUT2D eigenvalue weighted by molar-refractivity contribution is 0.673. The summed E-state index contributed by atoms with van der Waals surface area (Å²) in [5.74, 6) is 0. The molecule has 0 saturated carbocycles. The van der Waals surface area contributed by atoms with Crippen molar-refractivity contribution < 1.29 is 4.42 Å². The van der Waals surface area contributed by atoms with Crippen molar-refractivity contribution in [3.63, 3.8) is 0 Å². The van der Waals surface area contributed by atoms with Gasteiger partial charge >= 0.3 is 0 Å². The lowest BCUT2D eigenvalue weighted by Gasteiger charge is -2.25. The number of rotatable bonds is 4. The topological polar surface area (TPSA) is 16.4 Å². The second kappa shape index (κ2) is 10.8. The molecule has 0 aliphatic rings. The van der Waals surface area contributed by atoms with Gasteiger partial charge in [0.05, 0.1) is 0 Å². The lowest BCUT2D eigenvalue weighted by Crippen LogP contribution is -2.09. The van der Waals surface area contributed by atoms with Crippen LogP contribution in [0.5, 0.6) is 0 Å².